The number of urea groups is 1. The van der Waals surface area contributed by atoms with Crippen LogP contribution in [0.4, 0.5) is 13.6 Å². The van der Waals surface area contributed by atoms with Gasteiger partial charge in [-0.15, -0.1) is 0 Å². The molecular formula is C20H23F2N3O2. The summed E-state index contributed by atoms with van der Waals surface area (Å²) in [6.07, 6.45) is -0.624. The third kappa shape index (κ3) is 4.43. The molecule has 0 radical (unpaired) electrons. The van der Waals surface area contributed by atoms with E-state index in [2.05, 4.69) is 5.32 Å². The standard InChI is InChI=1S/C20H23F2N3O2/c1-24(2)17-11-25(12-18(17)26)20(27)23-19(13-3-7-15(21)8-4-13)14-5-9-16(22)10-6-14/h3-10,17-19,26H,11-12H2,1-2H3,(H,23,27)/t17-,18-/m0/s1. The number of carbonyl (C=O) groups excluding carboxylic acids is 1. The zero-order valence-electron chi connectivity index (χ0n) is 15.3. The van der Waals surface area contributed by atoms with Crippen LogP contribution in [0.25, 0.3) is 0 Å². The highest BCUT2D eigenvalue weighted by Gasteiger charge is 2.36. The SMILES string of the molecule is CN(C)[C@H]1CN(C(=O)NC(c2ccc(F)cc2)c2ccc(F)cc2)C[C@@H]1O. The van der Waals surface area contributed by atoms with E-state index in [9.17, 15) is 18.7 Å². The molecule has 3 rings (SSSR count). The monoisotopic (exact) mass is 375 g/mol. The fourth-order valence-corrected chi connectivity index (χ4v) is 3.33. The molecule has 0 aromatic heterocycles. The minimum absolute atomic E-state index is 0.133. The van der Waals surface area contributed by atoms with Crippen LogP contribution in [0, 0.1) is 11.6 Å². The Kier molecular flexibility index (Phi) is 5.72. The van der Waals surface area contributed by atoms with Crippen LogP contribution < -0.4 is 5.32 Å². The van der Waals surface area contributed by atoms with Gasteiger partial charge in [-0.25, -0.2) is 13.6 Å². The van der Waals surface area contributed by atoms with E-state index in [0.717, 1.165) is 0 Å². The number of hydrogen-bond acceptors (Lipinski definition) is 3. The molecule has 0 spiro atoms. The van der Waals surface area contributed by atoms with Gasteiger partial charge in [0, 0.05) is 13.1 Å². The van der Waals surface area contributed by atoms with Crippen molar-refractivity contribution in [2.75, 3.05) is 27.2 Å². The number of likely N-dealkylation sites (N-methyl/N-ethyl adjacent to an activating group) is 1. The van der Waals surface area contributed by atoms with E-state index in [1.54, 1.807) is 29.2 Å². The van der Waals surface area contributed by atoms with Crippen LogP contribution in [-0.2, 0) is 0 Å². The topological polar surface area (TPSA) is 55.8 Å². The van der Waals surface area contributed by atoms with E-state index in [1.165, 1.54) is 24.3 Å². The Labute approximate surface area is 157 Å². The van der Waals surface area contributed by atoms with Crippen molar-refractivity contribution in [2.24, 2.45) is 0 Å². The number of rotatable bonds is 4. The lowest BCUT2D eigenvalue weighted by atomic mass is 9.98. The van der Waals surface area contributed by atoms with Crippen LogP contribution in [0.1, 0.15) is 17.2 Å². The minimum atomic E-state index is -0.624. The lowest BCUT2D eigenvalue weighted by Gasteiger charge is -2.25. The van der Waals surface area contributed by atoms with Crippen LogP contribution in [0.15, 0.2) is 48.5 Å². The fourth-order valence-electron chi connectivity index (χ4n) is 3.33. The number of carbonyl (C=O) groups is 1. The van der Waals surface area contributed by atoms with Crippen molar-refractivity contribution >= 4 is 6.03 Å². The first-order valence-electron chi connectivity index (χ1n) is 8.76. The van der Waals surface area contributed by atoms with Crippen molar-refractivity contribution < 1.29 is 18.7 Å². The Morgan fingerprint density at radius 1 is 1.04 bits per heavy atom. The molecule has 0 saturated carbocycles. The largest absolute Gasteiger partial charge is 0.390 e. The van der Waals surface area contributed by atoms with Gasteiger partial charge in [0.15, 0.2) is 0 Å². The predicted octanol–water partition coefficient (Wildman–Crippen LogP) is 2.37. The smallest absolute Gasteiger partial charge is 0.318 e. The maximum atomic E-state index is 13.3. The number of amides is 2. The van der Waals surface area contributed by atoms with Crippen molar-refractivity contribution in [3.05, 3.63) is 71.3 Å². The Morgan fingerprint density at radius 3 is 1.93 bits per heavy atom. The number of nitrogens with zero attached hydrogens (tertiary/aromatic N) is 2. The number of nitrogens with one attached hydrogen (secondary N) is 1. The van der Waals surface area contributed by atoms with Crippen molar-refractivity contribution in [3.63, 3.8) is 0 Å². The zero-order valence-corrected chi connectivity index (χ0v) is 15.3. The second-order valence-electron chi connectivity index (χ2n) is 6.99. The predicted molar refractivity (Wildman–Crippen MR) is 98.2 cm³/mol. The van der Waals surface area contributed by atoms with E-state index < -0.39 is 12.1 Å². The normalized spacial score (nSPS) is 19.7. The lowest BCUT2D eigenvalue weighted by molar-refractivity contribution is 0.113. The zero-order chi connectivity index (χ0) is 19.6. The molecule has 0 aliphatic carbocycles. The van der Waals surface area contributed by atoms with Crippen LogP contribution in [0.3, 0.4) is 0 Å². The van der Waals surface area contributed by atoms with E-state index in [4.69, 9.17) is 0 Å². The second-order valence-corrected chi connectivity index (χ2v) is 6.99. The summed E-state index contributed by atoms with van der Waals surface area (Å²) >= 11 is 0. The minimum Gasteiger partial charge on any atom is -0.390 e. The summed E-state index contributed by atoms with van der Waals surface area (Å²) < 4.78 is 26.6. The molecule has 0 unspecified atom stereocenters. The maximum absolute atomic E-state index is 13.3. The molecule has 1 aliphatic heterocycles. The molecular weight excluding hydrogens is 352 g/mol. The summed E-state index contributed by atoms with van der Waals surface area (Å²) in [6, 6.07) is 10.6. The number of aliphatic hydroxyl groups is 1. The Hall–Kier alpha value is -2.51. The van der Waals surface area contributed by atoms with Crippen LogP contribution >= 0.6 is 0 Å². The summed E-state index contributed by atoms with van der Waals surface area (Å²) in [5.41, 5.74) is 1.36. The molecule has 5 nitrogen and oxygen atoms in total. The number of hydrogen-bond donors (Lipinski definition) is 2. The average molecular weight is 375 g/mol. The summed E-state index contributed by atoms with van der Waals surface area (Å²) in [6.45, 7) is 0.633. The van der Waals surface area contributed by atoms with Crippen LogP contribution in [0.2, 0.25) is 0 Å². The first-order chi connectivity index (χ1) is 12.8. The molecule has 144 valence electrons. The van der Waals surface area contributed by atoms with Crippen molar-refractivity contribution in [3.8, 4) is 0 Å². The van der Waals surface area contributed by atoms with Gasteiger partial charge in [0.1, 0.15) is 11.6 Å². The average Bonchev–Trinajstić information content (AvgIpc) is 3.03. The summed E-state index contributed by atoms with van der Waals surface area (Å²) in [4.78, 5) is 16.2. The molecule has 1 saturated heterocycles. The van der Waals surface area contributed by atoms with Gasteiger partial charge < -0.3 is 20.2 Å². The molecule has 1 heterocycles. The quantitative estimate of drug-likeness (QED) is 0.863. The first-order valence-corrected chi connectivity index (χ1v) is 8.76. The molecule has 2 aromatic rings. The highest BCUT2D eigenvalue weighted by molar-refractivity contribution is 5.76. The Balaban J connectivity index is 1.82. The number of aliphatic hydroxyl groups excluding tert-OH is 1. The van der Waals surface area contributed by atoms with Gasteiger partial charge in [0.05, 0.1) is 18.2 Å². The number of benzene rings is 2. The van der Waals surface area contributed by atoms with Gasteiger partial charge in [-0.1, -0.05) is 24.3 Å². The number of halogens is 2. The molecule has 27 heavy (non-hydrogen) atoms. The highest BCUT2D eigenvalue weighted by Crippen LogP contribution is 2.24. The van der Waals surface area contributed by atoms with Crippen molar-refractivity contribution in [1.82, 2.24) is 15.1 Å². The van der Waals surface area contributed by atoms with Gasteiger partial charge in [-0.2, -0.15) is 0 Å². The number of β-amino-alcohol motifs (C(OH)–C–C–N with tert-alkyl or cyclic N) is 1. The van der Waals surface area contributed by atoms with Gasteiger partial charge in [-0.05, 0) is 49.5 Å². The van der Waals surface area contributed by atoms with Gasteiger partial charge >= 0.3 is 6.03 Å². The van der Waals surface area contributed by atoms with Crippen LogP contribution in [0.5, 0.6) is 0 Å². The Morgan fingerprint density at radius 2 is 1.52 bits per heavy atom. The van der Waals surface area contributed by atoms with E-state index >= 15 is 0 Å². The third-order valence-corrected chi connectivity index (χ3v) is 4.88. The van der Waals surface area contributed by atoms with Crippen LogP contribution in [-0.4, -0.2) is 60.3 Å². The van der Waals surface area contributed by atoms with Gasteiger partial charge in [-0.3, -0.25) is 0 Å². The molecule has 2 amide bonds. The Bertz CT molecular complexity index is 735. The van der Waals surface area contributed by atoms with E-state index in [-0.39, 0.29) is 30.3 Å². The first kappa shape index (κ1) is 19.3. The fraction of sp³-hybridized carbons (Fsp3) is 0.350. The van der Waals surface area contributed by atoms with Gasteiger partial charge in [0.2, 0.25) is 0 Å². The molecule has 2 N–H and O–H groups in total. The number of likely N-dealkylation sites (tertiary alicyclic amines) is 1. The van der Waals surface area contributed by atoms with Crippen molar-refractivity contribution in [2.45, 2.75) is 18.2 Å². The maximum Gasteiger partial charge on any atom is 0.318 e. The molecule has 1 aliphatic rings. The molecule has 2 aromatic carbocycles. The second kappa shape index (κ2) is 8.02. The molecule has 7 heteroatoms. The summed E-state index contributed by atoms with van der Waals surface area (Å²) in [5.74, 6) is -0.751. The van der Waals surface area contributed by atoms with E-state index in [1.807, 2.05) is 19.0 Å². The third-order valence-electron chi connectivity index (χ3n) is 4.88. The molecule has 2 atom stereocenters. The molecule has 0 bridgehead atoms. The molecule has 1 fully saturated rings. The lowest BCUT2D eigenvalue weighted by Crippen LogP contribution is -2.42. The van der Waals surface area contributed by atoms with Gasteiger partial charge in [0.25, 0.3) is 0 Å². The summed E-state index contributed by atoms with van der Waals surface area (Å²) in [5, 5.41) is 13.1. The van der Waals surface area contributed by atoms with E-state index in [0.29, 0.717) is 17.7 Å². The highest BCUT2D eigenvalue weighted by atomic mass is 19.1. The van der Waals surface area contributed by atoms with Crippen molar-refractivity contribution in [1.29, 1.82) is 0 Å². The summed E-state index contributed by atoms with van der Waals surface area (Å²) in [7, 11) is 3.71.